The fraction of sp³-hybridized carbons (Fsp3) is 0.667. The molecule has 0 aromatic carbocycles. The lowest BCUT2D eigenvalue weighted by Crippen LogP contribution is -2.35. The summed E-state index contributed by atoms with van der Waals surface area (Å²) in [7, 11) is 13.0. The number of rotatable bonds is 10. The van der Waals surface area contributed by atoms with Crippen LogP contribution in [0.1, 0.15) is 12.8 Å². The van der Waals surface area contributed by atoms with E-state index >= 15 is 0 Å². The van der Waals surface area contributed by atoms with Crippen LogP contribution < -0.4 is 0 Å². The summed E-state index contributed by atoms with van der Waals surface area (Å²) in [5.41, 5.74) is 1.59. The van der Waals surface area contributed by atoms with Gasteiger partial charge in [-0.2, -0.15) is 0 Å². The van der Waals surface area contributed by atoms with Crippen LogP contribution in [0.25, 0.3) is 0 Å². The Hall–Kier alpha value is -1.66. The molecule has 0 atom stereocenters. The Balaban J connectivity index is 2.22. The van der Waals surface area contributed by atoms with Gasteiger partial charge in [-0.15, -0.1) is 0 Å². The lowest BCUT2D eigenvalue weighted by atomic mass is 10.1. The van der Waals surface area contributed by atoms with Gasteiger partial charge in [-0.25, -0.2) is 0 Å². The minimum absolute atomic E-state index is 0.636. The van der Waals surface area contributed by atoms with Gasteiger partial charge in [0.2, 0.25) is 0 Å². The molecule has 0 aliphatic heterocycles. The van der Waals surface area contributed by atoms with Crippen molar-refractivity contribution in [2.45, 2.75) is 12.8 Å². The highest BCUT2D eigenvalue weighted by Crippen LogP contribution is 2.01. The van der Waals surface area contributed by atoms with Gasteiger partial charge in [-0.1, -0.05) is 10.3 Å². The van der Waals surface area contributed by atoms with Crippen molar-refractivity contribution in [3.05, 3.63) is 24.3 Å². The summed E-state index contributed by atoms with van der Waals surface area (Å²) in [5.74, 6) is 0. The van der Waals surface area contributed by atoms with Gasteiger partial charge in [0.25, 0.3) is 0 Å². The first kappa shape index (κ1) is 20.4. The van der Waals surface area contributed by atoms with E-state index in [2.05, 4.69) is 52.6 Å². The largest absolute Gasteiger partial charge is 0.395 e. The van der Waals surface area contributed by atoms with Crippen molar-refractivity contribution in [1.82, 2.24) is 0 Å². The predicted molar refractivity (Wildman–Crippen MR) is 100 cm³/mol. The smallest absolute Gasteiger partial charge is 0.122 e. The van der Waals surface area contributed by atoms with E-state index in [9.17, 15) is 0 Å². The van der Waals surface area contributed by atoms with Crippen molar-refractivity contribution in [2.24, 2.45) is 10.3 Å². The van der Waals surface area contributed by atoms with Crippen LogP contribution in [0.4, 0.5) is 0 Å². The summed E-state index contributed by atoms with van der Waals surface area (Å²) < 4.78 is 1.88. The van der Waals surface area contributed by atoms with Gasteiger partial charge in [0.1, 0.15) is 24.6 Å². The standard InChI is InChI=1S/C18H34N4O2/c1-21(2,3)13-7-15-23-19-17-9-11-18(12-10-17)20-24-16-8-14-22(4,5)6/h9-12H,7-8,13-16H2,1-6H3/q+2. The second kappa shape index (κ2) is 9.59. The monoisotopic (exact) mass is 338 g/mol. The second-order valence-corrected chi connectivity index (χ2v) is 8.10. The molecule has 0 radical (unpaired) electrons. The summed E-state index contributed by atoms with van der Waals surface area (Å²) in [5, 5.41) is 8.22. The van der Waals surface area contributed by atoms with Crippen LogP contribution in [0.5, 0.6) is 0 Å². The van der Waals surface area contributed by atoms with Crippen LogP contribution in [0.15, 0.2) is 34.6 Å². The molecule has 0 N–H and O–H groups in total. The van der Waals surface area contributed by atoms with E-state index in [0.29, 0.717) is 13.2 Å². The van der Waals surface area contributed by atoms with E-state index in [-0.39, 0.29) is 0 Å². The zero-order valence-corrected chi connectivity index (χ0v) is 16.2. The van der Waals surface area contributed by atoms with E-state index in [0.717, 1.165) is 46.3 Å². The molecule has 1 aliphatic carbocycles. The number of nitrogens with zero attached hydrogens (tertiary/aromatic N) is 4. The summed E-state index contributed by atoms with van der Waals surface area (Å²) in [6, 6.07) is 0. The maximum absolute atomic E-state index is 5.35. The van der Waals surface area contributed by atoms with Gasteiger partial charge in [0, 0.05) is 12.8 Å². The van der Waals surface area contributed by atoms with E-state index < -0.39 is 0 Å². The molecule has 0 saturated heterocycles. The molecule has 1 aliphatic rings. The molecule has 136 valence electrons. The zero-order valence-electron chi connectivity index (χ0n) is 16.2. The number of hydrogen-bond acceptors (Lipinski definition) is 4. The molecule has 0 bridgehead atoms. The normalized spacial score (nSPS) is 14.8. The van der Waals surface area contributed by atoms with Gasteiger partial charge in [-0.3, -0.25) is 0 Å². The minimum atomic E-state index is 0.636. The minimum Gasteiger partial charge on any atom is -0.395 e. The summed E-state index contributed by atoms with van der Waals surface area (Å²) in [6.07, 6.45) is 9.51. The third-order valence-corrected chi connectivity index (χ3v) is 3.32. The first-order chi connectivity index (χ1) is 11.2. The van der Waals surface area contributed by atoms with Gasteiger partial charge in [0.05, 0.1) is 55.4 Å². The van der Waals surface area contributed by atoms with E-state index in [1.165, 1.54) is 0 Å². The van der Waals surface area contributed by atoms with Crippen molar-refractivity contribution in [2.75, 3.05) is 68.6 Å². The third-order valence-electron chi connectivity index (χ3n) is 3.32. The Labute approximate surface area is 146 Å². The number of hydrogen-bond donors (Lipinski definition) is 0. The Bertz CT molecular complexity index is 432. The highest BCUT2D eigenvalue weighted by atomic mass is 16.6. The average molecular weight is 338 g/mol. The predicted octanol–water partition coefficient (Wildman–Crippen LogP) is 2.05. The van der Waals surface area contributed by atoms with Crippen LogP contribution >= 0.6 is 0 Å². The van der Waals surface area contributed by atoms with Crippen molar-refractivity contribution >= 4 is 11.4 Å². The Morgan fingerprint density at radius 2 is 1.00 bits per heavy atom. The number of oxime groups is 2. The Morgan fingerprint density at radius 1 is 0.667 bits per heavy atom. The number of quaternary nitrogens is 2. The molecule has 0 unspecified atom stereocenters. The average Bonchev–Trinajstić information content (AvgIpc) is 2.45. The molecule has 6 heteroatoms. The van der Waals surface area contributed by atoms with Crippen LogP contribution in [0.2, 0.25) is 0 Å². The molecular formula is C18H34N4O2+2. The first-order valence-corrected chi connectivity index (χ1v) is 8.53. The summed E-state index contributed by atoms with van der Waals surface area (Å²) in [4.78, 5) is 10.7. The SMILES string of the molecule is C[N+](C)(C)CCCON=C1C=CC(=NOCCC[N+](C)(C)C)C=C1. The van der Waals surface area contributed by atoms with E-state index in [4.69, 9.17) is 9.68 Å². The first-order valence-electron chi connectivity index (χ1n) is 8.53. The van der Waals surface area contributed by atoms with Gasteiger partial charge >= 0.3 is 0 Å². The van der Waals surface area contributed by atoms with Crippen LogP contribution in [0, 0.1) is 0 Å². The highest BCUT2D eigenvalue weighted by molar-refractivity contribution is 6.18. The van der Waals surface area contributed by atoms with Crippen LogP contribution in [-0.2, 0) is 9.68 Å². The maximum atomic E-state index is 5.35. The third kappa shape index (κ3) is 11.0. The van der Waals surface area contributed by atoms with Crippen molar-refractivity contribution in [3.8, 4) is 0 Å². The molecule has 0 spiro atoms. The second-order valence-electron chi connectivity index (χ2n) is 8.10. The fourth-order valence-electron chi connectivity index (χ4n) is 2.02. The van der Waals surface area contributed by atoms with Gasteiger partial charge in [0.15, 0.2) is 0 Å². The Morgan fingerprint density at radius 3 is 1.29 bits per heavy atom. The van der Waals surface area contributed by atoms with Crippen molar-refractivity contribution in [1.29, 1.82) is 0 Å². The quantitative estimate of drug-likeness (QED) is 0.265. The van der Waals surface area contributed by atoms with Crippen LogP contribution in [-0.4, -0.2) is 89.0 Å². The maximum Gasteiger partial charge on any atom is 0.122 e. The summed E-state index contributed by atoms with van der Waals surface area (Å²) >= 11 is 0. The zero-order chi connectivity index (χ0) is 18.1. The lowest BCUT2D eigenvalue weighted by Gasteiger charge is -2.23. The van der Waals surface area contributed by atoms with Crippen molar-refractivity contribution < 1.29 is 18.6 Å². The molecule has 0 saturated carbocycles. The molecular weight excluding hydrogens is 304 g/mol. The molecule has 24 heavy (non-hydrogen) atoms. The molecule has 0 aromatic rings. The van der Waals surface area contributed by atoms with Crippen molar-refractivity contribution in [3.63, 3.8) is 0 Å². The number of allylic oxidation sites excluding steroid dienone is 4. The molecule has 1 rings (SSSR count). The van der Waals surface area contributed by atoms with Crippen LogP contribution in [0.3, 0.4) is 0 Å². The summed E-state index contributed by atoms with van der Waals surface area (Å²) in [6.45, 7) is 3.41. The molecule has 6 nitrogen and oxygen atoms in total. The molecule has 0 heterocycles. The fourth-order valence-corrected chi connectivity index (χ4v) is 2.02. The van der Waals surface area contributed by atoms with E-state index in [1.54, 1.807) is 0 Å². The molecule has 0 amide bonds. The van der Waals surface area contributed by atoms with Gasteiger partial charge in [-0.05, 0) is 24.3 Å². The highest BCUT2D eigenvalue weighted by Gasteiger charge is 2.07. The van der Waals surface area contributed by atoms with E-state index in [1.807, 2.05) is 24.3 Å². The van der Waals surface area contributed by atoms with Gasteiger partial charge < -0.3 is 18.6 Å². The molecule has 0 aromatic heterocycles. The lowest BCUT2D eigenvalue weighted by molar-refractivity contribution is -0.870. The Kier molecular flexibility index (Phi) is 8.15. The molecule has 0 fully saturated rings. The topological polar surface area (TPSA) is 43.2 Å².